The van der Waals surface area contributed by atoms with E-state index in [0.717, 1.165) is 0 Å². The molecular formula is C9H11FO3. The first kappa shape index (κ1) is 11.6. The van der Waals surface area contributed by atoms with Gasteiger partial charge in [0.15, 0.2) is 0 Å². The molecule has 0 aliphatic carbocycles. The first-order valence-corrected chi connectivity index (χ1v) is 3.71. The second kappa shape index (κ2) is 5.24. The Kier molecular flexibility index (Phi) is 4.66. The number of ether oxygens (including phenoxy) is 1. The summed E-state index contributed by atoms with van der Waals surface area (Å²) in [6.45, 7) is 7.11. The van der Waals surface area contributed by atoms with Crippen LogP contribution < -0.4 is 0 Å². The van der Waals surface area contributed by atoms with Crippen molar-refractivity contribution >= 4 is 11.9 Å². The highest BCUT2D eigenvalue weighted by Gasteiger charge is 2.14. The number of hydrogen-bond acceptors (Lipinski definition) is 3. The Hall–Kier alpha value is -1.45. The van der Waals surface area contributed by atoms with Gasteiger partial charge < -0.3 is 4.74 Å². The minimum absolute atomic E-state index is 0.167. The number of carbonyl (C=O) groups is 2. The van der Waals surface area contributed by atoms with Crippen LogP contribution in [0.4, 0.5) is 4.39 Å². The Morgan fingerprint density at radius 3 is 2.08 bits per heavy atom. The normalized spacial score (nSPS) is 9.08. The lowest BCUT2D eigenvalue weighted by molar-refractivity contribution is -0.154. The molecule has 0 saturated heterocycles. The third-order valence-electron chi connectivity index (χ3n) is 1.35. The smallest absolute Gasteiger partial charge is 0.343 e. The molecule has 4 heteroatoms. The van der Waals surface area contributed by atoms with Gasteiger partial charge in [0.2, 0.25) is 0 Å². The molecule has 72 valence electrons. The maximum Gasteiger partial charge on any atom is 0.343 e. The summed E-state index contributed by atoms with van der Waals surface area (Å²) in [4.78, 5) is 21.7. The van der Waals surface area contributed by atoms with E-state index in [4.69, 9.17) is 0 Å². The van der Waals surface area contributed by atoms with Gasteiger partial charge in [0.1, 0.15) is 6.67 Å². The first-order valence-electron chi connectivity index (χ1n) is 3.71. The van der Waals surface area contributed by atoms with E-state index in [2.05, 4.69) is 17.9 Å². The van der Waals surface area contributed by atoms with E-state index in [-0.39, 0.29) is 11.1 Å². The molecule has 0 aliphatic heterocycles. The summed E-state index contributed by atoms with van der Waals surface area (Å²) in [6, 6.07) is 0. The topological polar surface area (TPSA) is 43.4 Å². The van der Waals surface area contributed by atoms with Crippen molar-refractivity contribution in [3.05, 3.63) is 24.3 Å². The van der Waals surface area contributed by atoms with Crippen molar-refractivity contribution < 1.29 is 18.7 Å². The van der Waals surface area contributed by atoms with E-state index < -0.39 is 18.6 Å². The van der Waals surface area contributed by atoms with Gasteiger partial charge in [0.25, 0.3) is 0 Å². The molecule has 0 spiro atoms. The van der Waals surface area contributed by atoms with Crippen LogP contribution in [-0.2, 0) is 14.3 Å². The summed E-state index contributed by atoms with van der Waals surface area (Å²) in [7, 11) is 0. The standard InChI is InChI=1S/C9H11FO3/c1-4-6(2)8(11)13-9(12)7(3)5-10/h2-5H2,1H3. The van der Waals surface area contributed by atoms with Gasteiger partial charge in [-0.05, 0) is 6.42 Å². The lowest BCUT2D eigenvalue weighted by Crippen LogP contribution is -2.15. The second-order valence-corrected chi connectivity index (χ2v) is 2.37. The maximum atomic E-state index is 11.8. The van der Waals surface area contributed by atoms with E-state index in [1.807, 2.05) is 0 Å². The van der Waals surface area contributed by atoms with Gasteiger partial charge in [-0.2, -0.15) is 0 Å². The molecule has 0 aromatic rings. The van der Waals surface area contributed by atoms with Gasteiger partial charge in [-0.1, -0.05) is 20.1 Å². The van der Waals surface area contributed by atoms with Crippen LogP contribution in [0, 0.1) is 0 Å². The Morgan fingerprint density at radius 2 is 1.69 bits per heavy atom. The molecule has 0 rings (SSSR count). The Balaban J connectivity index is 4.15. The van der Waals surface area contributed by atoms with Crippen LogP contribution in [0.15, 0.2) is 24.3 Å². The molecule has 3 nitrogen and oxygen atoms in total. The minimum Gasteiger partial charge on any atom is -0.386 e. The third-order valence-corrected chi connectivity index (χ3v) is 1.35. The summed E-state index contributed by atoms with van der Waals surface area (Å²) in [5.41, 5.74) is -0.211. The SMILES string of the molecule is C=C(CC)C(=O)OC(=O)C(=C)CF. The number of carbonyl (C=O) groups excluding carboxylic acids is 2. The van der Waals surface area contributed by atoms with Gasteiger partial charge in [0.05, 0.1) is 5.57 Å². The molecule has 0 aromatic heterocycles. The van der Waals surface area contributed by atoms with E-state index in [9.17, 15) is 14.0 Å². The Labute approximate surface area is 75.9 Å². The molecule has 0 heterocycles. The lowest BCUT2D eigenvalue weighted by Gasteiger charge is -2.02. The monoisotopic (exact) mass is 186 g/mol. The molecular weight excluding hydrogens is 175 g/mol. The van der Waals surface area contributed by atoms with Crippen molar-refractivity contribution in [3.8, 4) is 0 Å². The van der Waals surface area contributed by atoms with Crippen molar-refractivity contribution in [2.24, 2.45) is 0 Å². The largest absolute Gasteiger partial charge is 0.386 e. The van der Waals surface area contributed by atoms with Crippen LogP contribution in [0.3, 0.4) is 0 Å². The highest BCUT2D eigenvalue weighted by Crippen LogP contribution is 2.03. The van der Waals surface area contributed by atoms with E-state index in [1.165, 1.54) is 0 Å². The third kappa shape index (κ3) is 3.64. The van der Waals surface area contributed by atoms with E-state index in [0.29, 0.717) is 6.42 Å². The molecule has 0 N–H and O–H groups in total. The molecule has 0 atom stereocenters. The predicted octanol–water partition coefficient (Wildman–Crippen LogP) is 1.55. The van der Waals surface area contributed by atoms with Gasteiger partial charge >= 0.3 is 11.9 Å². The average molecular weight is 186 g/mol. The molecule has 0 aromatic carbocycles. The Morgan fingerprint density at radius 1 is 1.23 bits per heavy atom. The van der Waals surface area contributed by atoms with Crippen molar-refractivity contribution in [3.63, 3.8) is 0 Å². The second-order valence-electron chi connectivity index (χ2n) is 2.37. The minimum atomic E-state index is -1.04. The molecule has 0 aliphatic rings. The number of rotatable bonds is 4. The first-order chi connectivity index (χ1) is 6.02. The maximum absolute atomic E-state index is 11.8. The fourth-order valence-electron chi connectivity index (χ4n) is 0.427. The zero-order valence-corrected chi connectivity index (χ0v) is 7.43. The summed E-state index contributed by atoms with van der Waals surface area (Å²) in [5, 5.41) is 0. The number of halogens is 1. The van der Waals surface area contributed by atoms with Crippen LogP contribution in [0.5, 0.6) is 0 Å². The molecule has 0 unspecified atom stereocenters. The molecule has 0 radical (unpaired) electrons. The van der Waals surface area contributed by atoms with Gasteiger partial charge in [-0.25, -0.2) is 14.0 Å². The summed E-state index contributed by atoms with van der Waals surface area (Å²) < 4.78 is 16.1. The van der Waals surface area contributed by atoms with Crippen molar-refractivity contribution in [1.82, 2.24) is 0 Å². The van der Waals surface area contributed by atoms with Crippen LogP contribution >= 0.6 is 0 Å². The fraction of sp³-hybridized carbons (Fsp3) is 0.333. The van der Waals surface area contributed by atoms with Crippen molar-refractivity contribution in [1.29, 1.82) is 0 Å². The highest BCUT2D eigenvalue weighted by molar-refractivity contribution is 6.01. The van der Waals surface area contributed by atoms with Crippen LogP contribution in [0.25, 0.3) is 0 Å². The lowest BCUT2D eigenvalue weighted by atomic mass is 10.2. The zero-order chi connectivity index (χ0) is 10.4. The number of alkyl halides is 1. The molecule has 0 amide bonds. The van der Waals surface area contributed by atoms with Crippen LogP contribution in [0.1, 0.15) is 13.3 Å². The Bertz CT molecular complexity index is 230. The zero-order valence-electron chi connectivity index (χ0n) is 7.43. The average Bonchev–Trinajstić information content (AvgIpc) is 2.14. The molecule has 13 heavy (non-hydrogen) atoms. The number of esters is 2. The summed E-state index contributed by atoms with van der Waals surface area (Å²) >= 11 is 0. The van der Waals surface area contributed by atoms with Crippen molar-refractivity contribution in [2.45, 2.75) is 13.3 Å². The predicted molar refractivity (Wildman–Crippen MR) is 45.6 cm³/mol. The highest BCUT2D eigenvalue weighted by atomic mass is 19.1. The molecule has 0 fully saturated rings. The van der Waals surface area contributed by atoms with Gasteiger partial charge in [-0.15, -0.1) is 0 Å². The van der Waals surface area contributed by atoms with Gasteiger partial charge in [0, 0.05) is 5.57 Å². The number of hydrogen-bond donors (Lipinski definition) is 0. The quantitative estimate of drug-likeness (QED) is 0.380. The van der Waals surface area contributed by atoms with Gasteiger partial charge in [-0.3, -0.25) is 0 Å². The van der Waals surface area contributed by atoms with Crippen LogP contribution in [-0.4, -0.2) is 18.6 Å². The van der Waals surface area contributed by atoms with Crippen LogP contribution in [0.2, 0.25) is 0 Å². The fourth-order valence-corrected chi connectivity index (χ4v) is 0.427. The summed E-state index contributed by atoms with van der Waals surface area (Å²) in [6.07, 6.45) is 0.383. The van der Waals surface area contributed by atoms with E-state index >= 15 is 0 Å². The summed E-state index contributed by atoms with van der Waals surface area (Å²) in [5.74, 6) is -1.87. The molecule has 0 bridgehead atoms. The van der Waals surface area contributed by atoms with Crippen molar-refractivity contribution in [2.75, 3.05) is 6.67 Å². The van der Waals surface area contributed by atoms with E-state index in [1.54, 1.807) is 6.92 Å². The molecule has 0 saturated carbocycles.